The highest BCUT2D eigenvalue weighted by Gasteiger charge is 2.16. The van der Waals surface area contributed by atoms with Crippen LogP contribution in [0.15, 0.2) is 86.5 Å². The average Bonchev–Trinajstić information content (AvgIpc) is 2.77. The van der Waals surface area contributed by atoms with E-state index in [2.05, 4.69) is 47.7 Å². The highest BCUT2D eigenvalue weighted by Crippen LogP contribution is 2.30. The number of hydrazone groups is 1. The zero-order valence-electron chi connectivity index (χ0n) is 16.4. The summed E-state index contributed by atoms with van der Waals surface area (Å²) in [6, 6.07) is 18.9. The van der Waals surface area contributed by atoms with Gasteiger partial charge in [-0.15, -0.1) is 0 Å². The number of nitrogens with zero attached hydrogens (tertiary/aromatic N) is 1. The smallest absolute Gasteiger partial charge is 0.287 e. The summed E-state index contributed by atoms with van der Waals surface area (Å²) in [5.74, 6) is -1.22. The fraction of sp³-hybridized carbons (Fsp3) is 0. The highest BCUT2D eigenvalue weighted by molar-refractivity contribution is 9.11. The lowest BCUT2D eigenvalue weighted by atomic mass is 10.1. The van der Waals surface area contributed by atoms with Gasteiger partial charge in [0.1, 0.15) is 11.4 Å². The molecular formula is C23H16Br2ClN3O3. The van der Waals surface area contributed by atoms with E-state index in [9.17, 15) is 14.7 Å². The molecule has 32 heavy (non-hydrogen) atoms. The van der Waals surface area contributed by atoms with Crippen LogP contribution >= 0.6 is 43.5 Å². The van der Waals surface area contributed by atoms with Crippen LogP contribution in [0.4, 0.5) is 0 Å². The number of hydrogen-bond acceptors (Lipinski definition) is 4. The molecule has 0 aliphatic heterocycles. The zero-order chi connectivity index (χ0) is 23.1. The molecule has 0 spiro atoms. The van der Waals surface area contributed by atoms with Gasteiger partial charge in [0.15, 0.2) is 0 Å². The minimum Gasteiger partial charge on any atom is -0.506 e. The Morgan fingerprint density at radius 1 is 1.00 bits per heavy atom. The average molecular weight is 578 g/mol. The Balaban J connectivity index is 1.83. The van der Waals surface area contributed by atoms with E-state index in [-0.39, 0.29) is 22.0 Å². The van der Waals surface area contributed by atoms with Crippen LogP contribution in [0.25, 0.3) is 6.08 Å². The molecule has 0 bridgehead atoms. The molecular weight excluding hydrogens is 562 g/mol. The number of rotatable bonds is 6. The number of phenolic OH excluding ortho intramolecular Hbond substituents is 1. The molecule has 3 rings (SSSR count). The lowest BCUT2D eigenvalue weighted by Crippen LogP contribution is -2.33. The number of amides is 2. The van der Waals surface area contributed by atoms with E-state index in [0.717, 1.165) is 0 Å². The molecule has 0 aromatic heterocycles. The van der Waals surface area contributed by atoms with Crippen LogP contribution in [0.3, 0.4) is 0 Å². The van der Waals surface area contributed by atoms with Crippen LogP contribution in [-0.2, 0) is 4.79 Å². The van der Waals surface area contributed by atoms with Crippen molar-refractivity contribution in [1.82, 2.24) is 10.7 Å². The van der Waals surface area contributed by atoms with Gasteiger partial charge in [0.25, 0.3) is 11.8 Å². The summed E-state index contributed by atoms with van der Waals surface area (Å²) in [6.07, 6.45) is 2.81. The molecule has 0 saturated heterocycles. The molecule has 3 N–H and O–H groups in total. The number of halogens is 3. The lowest BCUT2D eigenvalue weighted by Gasteiger charge is -2.10. The van der Waals surface area contributed by atoms with E-state index < -0.39 is 11.8 Å². The fourth-order valence-electron chi connectivity index (χ4n) is 2.61. The summed E-state index contributed by atoms with van der Waals surface area (Å²) < 4.78 is 1.18. The second kappa shape index (κ2) is 11.1. The van der Waals surface area contributed by atoms with Crippen LogP contribution < -0.4 is 10.7 Å². The summed E-state index contributed by atoms with van der Waals surface area (Å²) >= 11 is 12.7. The SMILES string of the molecule is O=C(NN=Cc1cc(Br)cc(Br)c1O)C(=Cc1ccccc1)NC(=O)c1ccccc1Cl. The minimum absolute atomic E-state index is 0.0294. The van der Waals surface area contributed by atoms with E-state index in [4.69, 9.17) is 11.6 Å². The van der Waals surface area contributed by atoms with Crippen LogP contribution in [-0.4, -0.2) is 23.1 Å². The predicted molar refractivity (Wildman–Crippen MR) is 133 cm³/mol. The number of aromatic hydroxyl groups is 1. The number of phenols is 1. The van der Waals surface area contributed by atoms with E-state index in [1.165, 1.54) is 12.3 Å². The van der Waals surface area contributed by atoms with Gasteiger partial charge in [-0.3, -0.25) is 9.59 Å². The van der Waals surface area contributed by atoms with Crippen molar-refractivity contribution >= 4 is 67.6 Å². The van der Waals surface area contributed by atoms with Gasteiger partial charge >= 0.3 is 0 Å². The van der Waals surface area contributed by atoms with Gasteiger partial charge in [0.2, 0.25) is 0 Å². The first-order valence-electron chi connectivity index (χ1n) is 9.19. The number of carbonyl (C=O) groups is 2. The first-order valence-corrected chi connectivity index (χ1v) is 11.2. The van der Waals surface area contributed by atoms with Gasteiger partial charge in [0, 0.05) is 10.0 Å². The summed E-state index contributed by atoms with van der Waals surface area (Å²) in [5, 5.41) is 16.9. The number of carbonyl (C=O) groups excluding carboxylic acids is 2. The molecule has 2 amide bonds. The normalized spacial score (nSPS) is 11.4. The maximum absolute atomic E-state index is 12.8. The Kier molecular flexibility index (Phi) is 8.21. The van der Waals surface area contributed by atoms with E-state index in [1.54, 1.807) is 48.5 Å². The first kappa shape index (κ1) is 23.7. The van der Waals surface area contributed by atoms with Gasteiger partial charge in [-0.25, -0.2) is 5.43 Å². The third-order valence-electron chi connectivity index (χ3n) is 4.15. The Bertz CT molecular complexity index is 1210. The predicted octanol–water partition coefficient (Wildman–Crippen LogP) is 5.49. The standard InChI is InChI=1S/C23H16Br2ClN3O3/c24-16-11-15(21(30)18(25)12-16)13-27-29-23(32)20(10-14-6-2-1-3-7-14)28-22(31)17-8-4-5-9-19(17)26/h1-13,30H,(H,28,31)(H,29,32). The van der Waals surface area contributed by atoms with E-state index in [1.807, 2.05) is 18.2 Å². The Labute approximate surface area is 206 Å². The molecule has 0 heterocycles. The van der Waals surface area contributed by atoms with Crippen LogP contribution in [0.2, 0.25) is 5.02 Å². The molecule has 162 valence electrons. The topological polar surface area (TPSA) is 90.8 Å². The number of benzene rings is 3. The Hall–Kier alpha value is -2.94. The maximum Gasteiger partial charge on any atom is 0.287 e. The summed E-state index contributed by atoms with van der Waals surface area (Å²) in [7, 11) is 0. The molecule has 3 aromatic rings. The highest BCUT2D eigenvalue weighted by atomic mass is 79.9. The van der Waals surface area contributed by atoms with Crippen LogP contribution in [0.5, 0.6) is 5.75 Å². The van der Waals surface area contributed by atoms with E-state index >= 15 is 0 Å². The minimum atomic E-state index is -0.654. The molecule has 0 aliphatic rings. The third kappa shape index (κ3) is 6.29. The van der Waals surface area contributed by atoms with Crippen molar-refractivity contribution in [2.24, 2.45) is 5.10 Å². The van der Waals surface area contributed by atoms with Gasteiger partial charge in [-0.2, -0.15) is 5.10 Å². The summed E-state index contributed by atoms with van der Waals surface area (Å²) in [5.41, 5.74) is 3.64. The summed E-state index contributed by atoms with van der Waals surface area (Å²) in [4.78, 5) is 25.5. The molecule has 6 nitrogen and oxygen atoms in total. The zero-order valence-corrected chi connectivity index (χ0v) is 20.3. The number of hydrogen-bond donors (Lipinski definition) is 3. The van der Waals surface area contributed by atoms with Crippen molar-refractivity contribution in [3.8, 4) is 5.75 Å². The van der Waals surface area contributed by atoms with Crippen LogP contribution in [0.1, 0.15) is 21.5 Å². The molecule has 3 aromatic carbocycles. The fourth-order valence-corrected chi connectivity index (χ4v) is 4.09. The molecule has 0 fully saturated rings. The maximum atomic E-state index is 12.8. The van der Waals surface area contributed by atoms with Crippen molar-refractivity contribution in [1.29, 1.82) is 0 Å². The molecule has 0 saturated carbocycles. The van der Waals surface area contributed by atoms with E-state index in [0.29, 0.717) is 20.1 Å². The molecule has 0 radical (unpaired) electrons. The molecule has 9 heteroatoms. The van der Waals surface area contributed by atoms with Crippen LogP contribution in [0, 0.1) is 0 Å². The van der Waals surface area contributed by atoms with Crippen molar-refractivity contribution in [2.75, 3.05) is 0 Å². The molecule has 0 atom stereocenters. The summed E-state index contributed by atoms with van der Waals surface area (Å²) in [6.45, 7) is 0. The van der Waals surface area contributed by atoms with Gasteiger partial charge in [-0.05, 0) is 51.8 Å². The Morgan fingerprint density at radius 2 is 1.69 bits per heavy atom. The monoisotopic (exact) mass is 575 g/mol. The third-order valence-corrected chi connectivity index (χ3v) is 5.54. The van der Waals surface area contributed by atoms with Gasteiger partial charge in [0.05, 0.1) is 21.3 Å². The van der Waals surface area contributed by atoms with Crippen molar-refractivity contribution in [3.05, 3.63) is 103 Å². The molecule has 0 unspecified atom stereocenters. The quantitative estimate of drug-likeness (QED) is 0.206. The van der Waals surface area contributed by atoms with Gasteiger partial charge < -0.3 is 10.4 Å². The molecule has 0 aliphatic carbocycles. The van der Waals surface area contributed by atoms with Gasteiger partial charge in [-0.1, -0.05) is 70.0 Å². The number of nitrogens with one attached hydrogen (secondary N) is 2. The van der Waals surface area contributed by atoms with Crippen molar-refractivity contribution in [2.45, 2.75) is 0 Å². The van der Waals surface area contributed by atoms with Crippen molar-refractivity contribution < 1.29 is 14.7 Å². The second-order valence-electron chi connectivity index (χ2n) is 6.43. The Morgan fingerprint density at radius 3 is 2.41 bits per heavy atom. The lowest BCUT2D eigenvalue weighted by molar-refractivity contribution is -0.117. The first-order chi connectivity index (χ1) is 15.3. The second-order valence-corrected chi connectivity index (χ2v) is 8.60. The van der Waals surface area contributed by atoms with Crippen molar-refractivity contribution in [3.63, 3.8) is 0 Å². The largest absolute Gasteiger partial charge is 0.506 e.